The molecule has 0 unspecified atom stereocenters. The average molecular weight is 482 g/mol. The molecular weight excluding hydrogens is 454 g/mol. The van der Waals surface area contributed by atoms with Gasteiger partial charge in [0.15, 0.2) is 6.61 Å². The molecule has 0 bridgehead atoms. The maximum Gasteiger partial charge on any atom is 0.262 e. The third-order valence-electron chi connectivity index (χ3n) is 4.81. The highest BCUT2D eigenvalue weighted by Gasteiger charge is 2.18. The zero-order valence-electron chi connectivity index (χ0n) is 19.2. The van der Waals surface area contributed by atoms with Crippen LogP contribution in [0.2, 0.25) is 0 Å². The lowest BCUT2D eigenvalue weighted by Gasteiger charge is -2.23. The molecule has 0 fully saturated rings. The van der Waals surface area contributed by atoms with E-state index in [-0.39, 0.29) is 25.0 Å². The number of nitrogens with one attached hydrogen (secondary N) is 2. The number of ether oxygens (including phenoxy) is 1. The van der Waals surface area contributed by atoms with Crippen molar-refractivity contribution in [3.8, 4) is 5.75 Å². The third kappa shape index (κ3) is 7.35. The number of anilines is 3. The number of benzene rings is 3. The van der Waals surface area contributed by atoms with Crippen LogP contribution in [-0.4, -0.2) is 33.1 Å². The molecule has 0 aliphatic heterocycles. The molecule has 3 rings (SSSR count). The Morgan fingerprint density at radius 1 is 0.912 bits per heavy atom. The summed E-state index contributed by atoms with van der Waals surface area (Å²) in [5.74, 6) is -0.153. The van der Waals surface area contributed by atoms with Crippen LogP contribution in [0.5, 0.6) is 5.75 Å². The first kappa shape index (κ1) is 24.8. The Bertz CT molecular complexity index is 1260. The van der Waals surface area contributed by atoms with Crippen LogP contribution in [-0.2, 0) is 26.2 Å². The fraction of sp³-hybridized carbons (Fsp3) is 0.200. The normalized spacial score (nSPS) is 10.9. The van der Waals surface area contributed by atoms with Gasteiger partial charge in [0, 0.05) is 18.3 Å². The van der Waals surface area contributed by atoms with Crippen LogP contribution in [0.15, 0.2) is 72.8 Å². The highest BCUT2D eigenvalue weighted by molar-refractivity contribution is 7.92. The van der Waals surface area contributed by atoms with Gasteiger partial charge in [0.05, 0.1) is 18.5 Å². The largest absolute Gasteiger partial charge is 0.484 e. The highest BCUT2D eigenvalue weighted by Crippen LogP contribution is 2.24. The Morgan fingerprint density at radius 2 is 1.53 bits per heavy atom. The maximum atomic E-state index is 12.4. The number of rotatable bonds is 9. The molecule has 0 spiro atoms. The first-order valence-electron chi connectivity index (χ1n) is 10.5. The van der Waals surface area contributed by atoms with Gasteiger partial charge < -0.3 is 15.4 Å². The van der Waals surface area contributed by atoms with E-state index in [0.717, 1.165) is 17.4 Å². The van der Waals surface area contributed by atoms with Gasteiger partial charge in [0.2, 0.25) is 15.9 Å². The van der Waals surface area contributed by atoms with E-state index < -0.39 is 10.0 Å². The minimum atomic E-state index is -3.51. The lowest BCUT2D eigenvalue weighted by atomic mass is 10.1. The van der Waals surface area contributed by atoms with Gasteiger partial charge in [0.25, 0.3) is 5.91 Å². The summed E-state index contributed by atoms with van der Waals surface area (Å²) in [5.41, 5.74) is 3.56. The van der Waals surface area contributed by atoms with Crippen LogP contribution in [0, 0.1) is 6.92 Å². The summed E-state index contributed by atoms with van der Waals surface area (Å²) in [6.07, 6.45) is 1.16. The fourth-order valence-corrected chi connectivity index (χ4v) is 4.08. The lowest BCUT2D eigenvalue weighted by Crippen LogP contribution is -2.29. The molecule has 3 aromatic rings. The van der Waals surface area contributed by atoms with Crippen molar-refractivity contribution in [2.75, 3.05) is 27.8 Å². The van der Waals surface area contributed by atoms with Gasteiger partial charge in [0.1, 0.15) is 5.75 Å². The topological polar surface area (TPSA) is 105 Å². The van der Waals surface area contributed by atoms with E-state index in [1.165, 1.54) is 11.2 Å². The molecule has 2 N–H and O–H groups in total. The Balaban J connectivity index is 1.61. The van der Waals surface area contributed by atoms with Gasteiger partial charge >= 0.3 is 0 Å². The monoisotopic (exact) mass is 481 g/mol. The number of amides is 2. The van der Waals surface area contributed by atoms with E-state index in [9.17, 15) is 18.0 Å². The van der Waals surface area contributed by atoms with Crippen LogP contribution in [0.25, 0.3) is 0 Å². The fourth-order valence-electron chi connectivity index (χ4n) is 3.19. The van der Waals surface area contributed by atoms with E-state index >= 15 is 0 Å². The minimum absolute atomic E-state index is 0.205. The van der Waals surface area contributed by atoms with Crippen molar-refractivity contribution in [3.63, 3.8) is 0 Å². The van der Waals surface area contributed by atoms with Crippen molar-refractivity contribution in [2.45, 2.75) is 20.4 Å². The predicted octanol–water partition coefficient (Wildman–Crippen LogP) is 3.94. The first-order chi connectivity index (χ1) is 16.1. The molecule has 3 aromatic carbocycles. The Kier molecular flexibility index (Phi) is 7.91. The maximum absolute atomic E-state index is 12.4. The zero-order valence-corrected chi connectivity index (χ0v) is 20.1. The molecule has 0 atom stereocenters. The molecule has 2 amide bonds. The Hall–Kier alpha value is -3.85. The van der Waals surface area contributed by atoms with Gasteiger partial charge in [-0.05, 0) is 55.0 Å². The van der Waals surface area contributed by atoms with Gasteiger partial charge in [-0.15, -0.1) is 0 Å². The quantitative estimate of drug-likeness (QED) is 0.482. The number of hydrogen-bond acceptors (Lipinski definition) is 5. The van der Waals surface area contributed by atoms with Crippen molar-refractivity contribution in [3.05, 3.63) is 83.9 Å². The highest BCUT2D eigenvalue weighted by atomic mass is 32.2. The van der Waals surface area contributed by atoms with Crippen molar-refractivity contribution in [1.82, 2.24) is 0 Å². The molecule has 34 heavy (non-hydrogen) atoms. The van der Waals surface area contributed by atoms with Crippen LogP contribution in [0.4, 0.5) is 17.1 Å². The molecular formula is C25H27N3O5S. The molecule has 0 saturated carbocycles. The number of carbonyl (C=O) groups excluding carboxylic acids is 2. The van der Waals surface area contributed by atoms with E-state index in [0.29, 0.717) is 22.8 Å². The molecule has 8 nitrogen and oxygen atoms in total. The van der Waals surface area contributed by atoms with E-state index in [1.54, 1.807) is 48.5 Å². The smallest absolute Gasteiger partial charge is 0.262 e. The summed E-state index contributed by atoms with van der Waals surface area (Å²) in [6.45, 7) is 3.35. The molecule has 9 heteroatoms. The molecule has 178 valence electrons. The SMILES string of the molecule is CC(=O)Nc1cccc(NC(=O)COc2ccc(N(Cc3ccc(C)cc3)S(C)(=O)=O)cc2)c1. The van der Waals surface area contributed by atoms with Crippen molar-refractivity contribution < 1.29 is 22.7 Å². The van der Waals surface area contributed by atoms with Crippen LogP contribution in [0.1, 0.15) is 18.1 Å². The number of sulfonamides is 1. The second-order valence-electron chi connectivity index (χ2n) is 7.85. The Morgan fingerprint density at radius 3 is 2.12 bits per heavy atom. The number of hydrogen-bond donors (Lipinski definition) is 2. The summed E-state index contributed by atoms with van der Waals surface area (Å²) < 4.78 is 31.6. The molecule has 0 aliphatic carbocycles. The van der Waals surface area contributed by atoms with Gasteiger partial charge in [-0.1, -0.05) is 35.9 Å². The number of aryl methyl sites for hydroxylation is 1. The first-order valence-corrected chi connectivity index (χ1v) is 12.4. The van der Waals surface area contributed by atoms with Crippen LogP contribution < -0.4 is 19.7 Å². The second-order valence-corrected chi connectivity index (χ2v) is 9.75. The summed E-state index contributed by atoms with van der Waals surface area (Å²) in [5, 5.41) is 5.35. The summed E-state index contributed by atoms with van der Waals surface area (Å²) in [7, 11) is -3.51. The average Bonchev–Trinajstić information content (AvgIpc) is 2.77. The van der Waals surface area contributed by atoms with Gasteiger partial charge in [-0.2, -0.15) is 0 Å². The summed E-state index contributed by atoms with van der Waals surface area (Å²) in [6, 6.07) is 21.0. The second kappa shape index (κ2) is 10.8. The van der Waals surface area contributed by atoms with E-state index in [4.69, 9.17) is 4.74 Å². The van der Waals surface area contributed by atoms with Crippen molar-refractivity contribution in [1.29, 1.82) is 0 Å². The molecule has 0 saturated heterocycles. The van der Waals surface area contributed by atoms with E-state index in [1.807, 2.05) is 31.2 Å². The zero-order chi connectivity index (χ0) is 24.7. The van der Waals surface area contributed by atoms with E-state index in [2.05, 4.69) is 10.6 Å². The van der Waals surface area contributed by atoms with Crippen LogP contribution in [0.3, 0.4) is 0 Å². The minimum Gasteiger partial charge on any atom is -0.484 e. The summed E-state index contributed by atoms with van der Waals surface area (Å²) in [4.78, 5) is 23.4. The number of nitrogens with zero attached hydrogens (tertiary/aromatic N) is 1. The standard InChI is InChI=1S/C25H27N3O5S/c1-18-7-9-20(10-8-18)16-28(34(3,31)32)23-11-13-24(14-12-23)33-17-25(30)27-22-6-4-5-21(15-22)26-19(2)29/h4-15H,16-17H2,1-3H3,(H,26,29)(H,27,30). The van der Waals surface area contributed by atoms with Crippen LogP contribution >= 0.6 is 0 Å². The van der Waals surface area contributed by atoms with Gasteiger partial charge in [-0.25, -0.2) is 8.42 Å². The molecule has 0 aliphatic rings. The summed E-state index contributed by atoms with van der Waals surface area (Å²) >= 11 is 0. The molecule has 0 radical (unpaired) electrons. The molecule has 0 heterocycles. The number of carbonyl (C=O) groups is 2. The lowest BCUT2D eigenvalue weighted by molar-refractivity contribution is -0.118. The van der Waals surface area contributed by atoms with Gasteiger partial charge in [-0.3, -0.25) is 13.9 Å². The predicted molar refractivity (Wildman–Crippen MR) is 134 cm³/mol. The third-order valence-corrected chi connectivity index (χ3v) is 5.95. The molecule has 0 aromatic heterocycles. The van der Waals surface area contributed by atoms with Crippen molar-refractivity contribution >= 4 is 38.9 Å². The van der Waals surface area contributed by atoms with Crippen molar-refractivity contribution in [2.24, 2.45) is 0 Å². The Labute approximate surface area is 199 Å².